The second-order valence-electron chi connectivity index (χ2n) is 4.96. The minimum atomic E-state index is -0.111. The molecule has 0 unspecified atom stereocenters. The van der Waals surface area contributed by atoms with Gasteiger partial charge in [-0.25, -0.2) is 4.98 Å². The van der Waals surface area contributed by atoms with E-state index < -0.39 is 0 Å². The Morgan fingerprint density at radius 2 is 2.14 bits per heavy atom. The first-order chi connectivity index (χ1) is 9.99. The molecule has 2 heterocycles. The Labute approximate surface area is 133 Å². The third-order valence-corrected chi connectivity index (χ3v) is 4.24. The van der Waals surface area contributed by atoms with Crippen LogP contribution in [0, 0.1) is 0 Å². The van der Waals surface area contributed by atoms with E-state index in [-0.39, 0.29) is 11.8 Å². The van der Waals surface area contributed by atoms with Crippen molar-refractivity contribution in [1.82, 2.24) is 10.3 Å². The molecule has 4 nitrogen and oxygen atoms in total. The molecule has 0 radical (unpaired) electrons. The molecular formula is C15H18ClN3OS. The Hall–Kier alpha value is -1.59. The topological polar surface area (TPSA) is 54.0 Å². The van der Waals surface area contributed by atoms with Gasteiger partial charge in [0.25, 0.3) is 5.91 Å². The number of anilines is 1. The summed E-state index contributed by atoms with van der Waals surface area (Å²) in [5, 5.41) is 5.89. The molecule has 2 rings (SSSR count). The van der Waals surface area contributed by atoms with Crippen LogP contribution in [0.3, 0.4) is 0 Å². The maximum absolute atomic E-state index is 12.3. The number of hydrogen-bond acceptors (Lipinski definition) is 4. The summed E-state index contributed by atoms with van der Waals surface area (Å²) in [6.07, 6.45) is 0. The number of nitrogens with one attached hydrogen (secondary N) is 2. The average molecular weight is 324 g/mol. The van der Waals surface area contributed by atoms with Crippen LogP contribution >= 0.6 is 22.9 Å². The van der Waals surface area contributed by atoms with Gasteiger partial charge in [-0.3, -0.25) is 4.79 Å². The van der Waals surface area contributed by atoms with Crippen LogP contribution < -0.4 is 10.6 Å². The van der Waals surface area contributed by atoms with Gasteiger partial charge < -0.3 is 10.6 Å². The lowest BCUT2D eigenvalue weighted by molar-refractivity contribution is 0.0951. The number of carbonyl (C=O) groups is 1. The van der Waals surface area contributed by atoms with Crippen molar-refractivity contribution in [3.05, 3.63) is 44.7 Å². The maximum atomic E-state index is 12.3. The molecule has 112 valence electrons. The van der Waals surface area contributed by atoms with Gasteiger partial charge >= 0.3 is 0 Å². The lowest BCUT2D eigenvalue weighted by Crippen LogP contribution is -2.23. The zero-order valence-electron chi connectivity index (χ0n) is 12.2. The van der Waals surface area contributed by atoms with E-state index in [1.807, 2.05) is 18.2 Å². The molecule has 0 aliphatic heterocycles. The number of hydrogen-bond donors (Lipinski definition) is 2. The van der Waals surface area contributed by atoms with Crippen LogP contribution in [-0.4, -0.2) is 17.9 Å². The Morgan fingerprint density at radius 1 is 1.38 bits per heavy atom. The van der Waals surface area contributed by atoms with Crippen molar-refractivity contribution in [2.45, 2.75) is 26.3 Å². The standard InChI is InChI=1S/C15H18ClN3OS/c1-9(2)12-6-10(7-14(17-3)19-12)15(20)18-8-11-4-5-13(16)21-11/h4-7,9H,8H2,1-3H3,(H,17,19)(H,18,20). The number of rotatable bonds is 5. The van der Waals surface area contributed by atoms with E-state index in [4.69, 9.17) is 11.6 Å². The lowest BCUT2D eigenvalue weighted by Gasteiger charge is -2.11. The van der Waals surface area contributed by atoms with E-state index in [0.717, 1.165) is 14.9 Å². The second kappa shape index (κ2) is 6.91. The van der Waals surface area contributed by atoms with Crippen LogP contribution in [0.5, 0.6) is 0 Å². The molecule has 0 bridgehead atoms. The van der Waals surface area contributed by atoms with Gasteiger partial charge in [-0.2, -0.15) is 0 Å². The van der Waals surface area contributed by atoms with E-state index in [9.17, 15) is 4.79 Å². The maximum Gasteiger partial charge on any atom is 0.251 e. The number of amides is 1. The highest BCUT2D eigenvalue weighted by atomic mass is 35.5. The fourth-order valence-electron chi connectivity index (χ4n) is 1.82. The number of aromatic nitrogens is 1. The first kappa shape index (κ1) is 15.8. The molecule has 2 aromatic rings. The quantitative estimate of drug-likeness (QED) is 0.877. The zero-order chi connectivity index (χ0) is 15.4. The number of nitrogens with zero attached hydrogens (tertiary/aromatic N) is 1. The Bertz CT molecular complexity index is 640. The van der Waals surface area contributed by atoms with Crippen LogP contribution in [0.4, 0.5) is 5.82 Å². The molecule has 0 saturated heterocycles. The molecule has 0 saturated carbocycles. The molecule has 1 amide bonds. The van der Waals surface area contributed by atoms with Crippen molar-refractivity contribution < 1.29 is 4.79 Å². The lowest BCUT2D eigenvalue weighted by atomic mass is 10.1. The second-order valence-corrected chi connectivity index (χ2v) is 6.76. The minimum absolute atomic E-state index is 0.111. The molecule has 2 aromatic heterocycles. The monoisotopic (exact) mass is 323 g/mol. The average Bonchev–Trinajstić information content (AvgIpc) is 2.89. The van der Waals surface area contributed by atoms with Crippen molar-refractivity contribution in [2.75, 3.05) is 12.4 Å². The van der Waals surface area contributed by atoms with Crippen molar-refractivity contribution in [3.8, 4) is 0 Å². The summed E-state index contributed by atoms with van der Waals surface area (Å²) >= 11 is 7.34. The van der Waals surface area contributed by atoms with E-state index in [0.29, 0.717) is 17.9 Å². The predicted octanol–water partition coefficient (Wildman–Crippen LogP) is 3.89. The smallest absolute Gasteiger partial charge is 0.251 e. The highest BCUT2D eigenvalue weighted by Crippen LogP contribution is 2.21. The van der Waals surface area contributed by atoms with Gasteiger partial charge in [0.15, 0.2) is 0 Å². The summed E-state index contributed by atoms with van der Waals surface area (Å²) in [4.78, 5) is 17.7. The first-order valence-corrected chi connectivity index (χ1v) is 7.91. The number of pyridine rings is 1. The van der Waals surface area contributed by atoms with Crippen LogP contribution in [-0.2, 0) is 6.54 Å². The molecule has 0 fully saturated rings. The molecule has 0 aliphatic rings. The van der Waals surface area contributed by atoms with E-state index >= 15 is 0 Å². The van der Waals surface area contributed by atoms with Crippen molar-refractivity contribution in [1.29, 1.82) is 0 Å². The molecule has 6 heteroatoms. The first-order valence-electron chi connectivity index (χ1n) is 6.71. The van der Waals surface area contributed by atoms with Gasteiger partial charge in [-0.05, 0) is 30.2 Å². The number of thiophene rings is 1. The highest BCUT2D eigenvalue weighted by molar-refractivity contribution is 7.16. The van der Waals surface area contributed by atoms with Crippen LogP contribution in [0.15, 0.2) is 24.3 Å². The summed E-state index contributed by atoms with van der Waals surface area (Å²) in [6.45, 7) is 4.58. The summed E-state index contributed by atoms with van der Waals surface area (Å²) in [5.41, 5.74) is 1.51. The highest BCUT2D eigenvalue weighted by Gasteiger charge is 2.11. The van der Waals surface area contributed by atoms with Gasteiger partial charge in [0, 0.05) is 23.2 Å². The van der Waals surface area contributed by atoms with Crippen LogP contribution in [0.2, 0.25) is 4.34 Å². The molecule has 0 spiro atoms. The summed E-state index contributed by atoms with van der Waals surface area (Å²) in [7, 11) is 1.79. The third kappa shape index (κ3) is 4.19. The van der Waals surface area contributed by atoms with Crippen molar-refractivity contribution in [2.24, 2.45) is 0 Å². The zero-order valence-corrected chi connectivity index (χ0v) is 13.8. The normalized spacial score (nSPS) is 10.7. The van der Waals surface area contributed by atoms with Gasteiger partial charge in [0.2, 0.25) is 0 Å². The SMILES string of the molecule is CNc1cc(C(=O)NCc2ccc(Cl)s2)cc(C(C)C)n1. The predicted molar refractivity (Wildman–Crippen MR) is 88.4 cm³/mol. The van der Waals surface area contributed by atoms with Gasteiger partial charge in [-0.1, -0.05) is 25.4 Å². The fraction of sp³-hybridized carbons (Fsp3) is 0.333. The fourth-order valence-corrected chi connectivity index (χ4v) is 2.85. The Morgan fingerprint density at radius 3 is 2.71 bits per heavy atom. The van der Waals surface area contributed by atoms with E-state index in [1.165, 1.54) is 11.3 Å². The van der Waals surface area contributed by atoms with Gasteiger partial charge in [0.05, 0.1) is 10.9 Å². The molecule has 0 atom stereocenters. The van der Waals surface area contributed by atoms with Crippen molar-refractivity contribution in [3.63, 3.8) is 0 Å². The Kier molecular flexibility index (Phi) is 5.20. The van der Waals surface area contributed by atoms with Crippen LogP contribution in [0.25, 0.3) is 0 Å². The Balaban J connectivity index is 2.12. The number of halogens is 1. The van der Waals surface area contributed by atoms with Gasteiger partial charge in [-0.15, -0.1) is 11.3 Å². The van der Waals surface area contributed by atoms with Gasteiger partial charge in [0.1, 0.15) is 5.82 Å². The third-order valence-electron chi connectivity index (χ3n) is 3.01. The van der Waals surface area contributed by atoms with Crippen LogP contribution in [0.1, 0.15) is 40.7 Å². The number of carbonyl (C=O) groups excluding carboxylic acids is 1. The molecule has 0 aliphatic carbocycles. The molecular weight excluding hydrogens is 306 g/mol. The molecule has 0 aromatic carbocycles. The molecule has 2 N–H and O–H groups in total. The minimum Gasteiger partial charge on any atom is -0.373 e. The van der Waals surface area contributed by atoms with E-state index in [1.54, 1.807) is 13.1 Å². The largest absolute Gasteiger partial charge is 0.373 e. The summed E-state index contributed by atoms with van der Waals surface area (Å²) in [6, 6.07) is 7.33. The summed E-state index contributed by atoms with van der Waals surface area (Å²) in [5.74, 6) is 0.854. The van der Waals surface area contributed by atoms with Crippen molar-refractivity contribution >= 4 is 34.7 Å². The summed E-state index contributed by atoms with van der Waals surface area (Å²) < 4.78 is 0.725. The molecule has 21 heavy (non-hydrogen) atoms. The van der Waals surface area contributed by atoms with E-state index in [2.05, 4.69) is 29.5 Å².